The van der Waals surface area contributed by atoms with Crippen LogP contribution in [0.2, 0.25) is 0 Å². The van der Waals surface area contributed by atoms with Crippen LogP contribution < -0.4 is 5.32 Å². The molecule has 106 valence electrons. The fourth-order valence-corrected chi connectivity index (χ4v) is 2.48. The fraction of sp³-hybridized carbons (Fsp3) is 0.125. The average Bonchev–Trinajstić information content (AvgIpc) is 2.42. The number of phenols is 1. The number of anilines is 1. The zero-order valence-corrected chi connectivity index (χ0v) is 11.0. The highest BCUT2D eigenvalue weighted by Crippen LogP contribution is 2.36. The summed E-state index contributed by atoms with van der Waals surface area (Å²) in [6.45, 7) is 0. The van der Waals surface area contributed by atoms with Crippen molar-refractivity contribution in [3.8, 4) is 5.75 Å². The van der Waals surface area contributed by atoms with Crippen LogP contribution in [0, 0.1) is 0 Å². The van der Waals surface area contributed by atoms with Gasteiger partial charge in [0.25, 0.3) is 0 Å². The van der Waals surface area contributed by atoms with Crippen LogP contribution in [0.5, 0.6) is 5.75 Å². The zero-order chi connectivity index (χ0) is 15.0. The van der Waals surface area contributed by atoms with Gasteiger partial charge in [0.1, 0.15) is 5.75 Å². The van der Waals surface area contributed by atoms with Crippen LogP contribution in [-0.2, 0) is 11.2 Å². The maximum absolute atomic E-state index is 12.2. The predicted octanol–water partition coefficient (Wildman–Crippen LogP) is 2.37. The Hall–Kier alpha value is -2.82. The quantitative estimate of drug-likeness (QED) is 0.755. The van der Waals surface area contributed by atoms with Crippen LogP contribution in [0.4, 0.5) is 5.69 Å². The van der Waals surface area contributed by atoms with E-state index < -0.39 is 5.97 Å². The number of aromatic carboxylic acids is 1. The number of benzene rings is 2. The van der Waals surface area contributed by atoms with E-state index in [9.17, 15) is 14.7 Å². The summed E-state index contributed by atoms with van der Waals surface area (Å²) in [5.74, 6) is -1.81. The van der Waals surface area contributed by atoms with Crippen molar-refractivity contribution in [3.05, 3.63) is 59.2 Å². The molecule has 1 aliphatic rings. The van der Waals surface area contributed by atoms with Gasteiger partial charge in [0.05, 0.1) is 17.2 Å². The summed E-state index contributed by atoms with van der Waals surface area (Å²) in [7, 11) is 0. The highest BCUT2D eigenvalue weighted by molar-refractivity contribution is 5.99. The first-order chi connectivity index (χ1) is 10.1. The second kappa shape index (κ2) is 4.94. The first kappa shape index (κ1) is 13.2. The van der Waals surface area contributed by atoms with Crippen LogP contribution in [0.25, 0.3) is 0 Å². The Labute approximate surface area is 120 Å². The van der Waals surface area contributed by atoms with Gasteiger partial charge in [-0.2, -0.15) is 0 Å². The summed E-state index contributed by atoms with van der Waals surface area (Å²) >= 11 is 0. The summed E-state index contributed by atoms with van der Waals surface area (Å²) in [5.41, 5.74) is 2.34. The molecule has 21 heavy (non-hydrogen) atoms. The summed E-state index contributed by atoms with van der Waals surface area (Å²) in [6.07, 6.45) is 0.677. The normalized spacial score (nSPS) is 15.7. The van der Waals surface area contributed by atoms with Crippen LogP contribution >= 0.6 is 0 Å². The van der Waals surface area contributed by atoms with Crippen molar-refractivity contribution in [1.29, 1.82) is 0 Å². The molecular weight excluding hydrogens is 270 g/mol. The topological polar surface area (TPSA) is 86.6 Å². The van der Waals surface area contributed by atoms with Gasteiger partial charge < -0.3 is 15.5 Å². The monoisotopic (exact) mass is 283 g/mol. The second-order valence-electron chi connectivity index (χ2n) is 4.98. The molecule has 0 aromatic heterocycles. The molecule has 0 spiro atoms. The van der Waals surface area contributed by atoms with E-state index in [4.69, 9.17) is 5.11 Å². The van der Waals surface area contributed by atoms with E-state index in [1.807, 2.05) is 24.3 Å². The number of carbonyl (C=O) groups excluding carboxylic acids is 1. The molecule has 1 atom stereocenters. The van der Waals surface area contributed by atoms with E-state index in [0.717, 1.165) is 17.2 Å². The van der Waals surface area contributed by atoms with Crippen LogP contribution in [0.1, 0.15) is 27.4 Å². The van der Waals surface area contributed by atoms with Crippen molar-refractivity contribution < 1.29 is 19.8 Å². The first-order valence-corrected chi connectivity index (χ1v) is 6.51. The lowest BCUT2D eigenvalue weighted by atomic mass is 9.77. The summed E-state index contributed by atoms with van der Waals surface area (Å²) in [4.78, 5) is 23.0. The van der Waals surface area contributed by atoms with Gasteiger partial charge in [0, 0.05) is 0 Å². The lowest BCUT2D eigenvalue weighted by Gasteiger charge is -2.28. The number of carboxylic acid groups (broad SMARTS) is 1. The van der Waals surface area contributed by atoms with Crippen molar-refractivity contribution in [2.45, 2.75) is 12.3 Å². The minimum absolute atomic E-state index is 0.0283. The molecule has 0 saturated carbocycles. The highest BCUT2D eigenvalue weighted by atomic mass is 16.4. The van der Waals surface area contributed by atoms with Crippen molar-refractivity contribution in [1.82, 2.24) is 0 Å². The number of aromatic hydroxyl groups is 1. The molecule has 0 saturated heterocycles. The number of rotatable bonds is 3. The number of amides is 1. The number of carboxylic acids is 1. The summed E-state index contributed by atoms with van der Waals surface area (Å²) in [6, 6.07) is 11.6. The number of nitrogens with one attached hydrogen (secondary N) is 1. The van der Waals surface area contributed by atoms with Gasteiger partial charge in [-0.25, -0.2) is 4.79 Å². The molecule has 1 amide bonds. The molecule has 2 aromatic carbocycles. The van der Waals surface area contributed by atoms with E-state index in [1.165, 1.54) is 12.1 Å². The maximum atomic E-state index is 12.2. The molecule has 1 unspecified atom stereocenters. The summed E-state index contributed by atoms with van der Waals surface area (Å²) in [5, 5.41) is 21.2. The first-order valence-electron chi connectivity index (χ1n) is 6.51. The number of hydrogen-bond acceptors (Lipinski definition) is 3. The SMILES string of the molecule is O=C(O)c1ccc(NC(=O)C2Cc3ccccc32)c(O)c1. The lowest BCUT2D eigenvalue weighted by molar-refractivity contribution is -0.118. The van der Waals surface area contributed by atoms with Crippen molar-refractivity contribution in [2.24, 2.45) is 0 Å². The van der Waals surface area contributed by atoms with Crippen molar-refractivity contribution in [2.75, 3.05) is 5.32 Å². The molecule has 0 radical (unpaired) electrons. The largest absolute Gasteiger partial charge is 0.506 e. The van der Waals surface area contributed by atoms with E-state index >= 15 is 0 Å². The van der Waals surface area contributed by atoms with E-state index in [0.29, 0.717) is 6.42 Å². The van der Waals surface area contributed by atoms with Crippen LogP contribution in [0.15, 0.2) is 42.5 Å². The minimum atomic E-state index is -1.13. The number of carbonyl (C=O) groups is 2. The molecule has 0 fully saturated rings. The molecule has 0 bridgehead atoms. The third-order valence-electron chi connectivity index (χ3n) is 3.67. The van der Waals surface area contributed by atoms with Crippen LogP contribution in [-0.4, -0.2) is 22.1 Å². The molecule has 5 nitrogen and oxygen atoms in total. The van der Waals surface area contributed by atoms with Gasteiger partial charge in [0.2, 0.25) is 5.91 Å². The Kier molecular flexibility index (Phi) is 3.10. The van der Waals surface area contributed by atoms with Crippen molar-refractivity contribution in [3.63, 3.8) is 0 Å². The van der Waals surface area contributed by atoms with Gasteiger partial charge in [-0.3, -0.25) is 4.79 Å². The van der Waals surface area contributed by atoms with Gasteiger partial charge in [-0.05, 0) is 35.7 Å². The average molecular weight is 283 g/mol. The van der Waals surface area contributed by atoms with Crippen molar-refractivity contribution >= 4 is 17.6 Å². The molecule has 0 aliphatic heterocycles. The smallest absolute Gasteiger partial charge is 0.335 e. The zero-order valence-electron chi connectivity index (χ0n) is 11.0. The van der Waals surface area contributed by atoms with Gasteiger partial charge in [-0.1, -0.05) is 24.3 Å². The van der Waals surface area contributed by atoms with Gasteiger partial charge >= 0.3 is 5.97 Å². The van der Waals surface area contributed by atoms with Gasteiger partial charge in [0.15, 0.2) is 0 Å². The van der Waals surface area contributed by atoms with Gasteiger partial charge in [-0.15, -0.1) is 0 Å². The number of fused-ring (bicyclic) bond motifs is 1. The lowest BCUT2D eigenvalue weighted by Crippen LogP contribution is -2.30. The standard InChI is InChI=1S/C16H13NO4/c18-14-8-10(16(20)21)5-6-13(14)17-15(19)12-7-9-3-1-2-4-11(9)12/h1-6,8,12,18H,7H2,(H,17,19)(H,20,21). The third-order valence-corrected chi connectivity index (χ3v) is 3.67. The third kappa shape index (κ3) is 2.33. The number of hydrogen-bond donors (Lipinski definition) is 3. The minimum Gasteiger partial charge on any atom is -0.506 e. The Morgan fingerprint density at radius 2 is 1.90 bits per heavy atom. The van der Waals surface area contributed by atoms with Crippen LogP contribution in [0.3, 0.4) is 0 Å². The molecule has 2 aromatic rings. The summed E-state index contributed by atoms with van der Waals surface area (Å²) < 4.78 is 0. The molecular formula is C16H13NO4. The van der Waals surface area contributed by atoms with E-state index in [1.54, 1.807) is 0 Å². The Bertz CT molecular complexity index is 739. The molecule has 1 aliphatic carbocycles. The molecule has 5 heteroatoms. The predicted molar refractivity (Wildman–Crippen MR) is 76.6 cm³/mol. The maximum Gasteiger partial charge on any atom is 0.335 e. The number of phenolic OH excluding ortho intramolecular Hbond substituents is 1. The fourth-order valence-electron chi connectivity index (χ4n) is 2.48. The highest BCUT2D eigenvalue weighted by Gasteiger charge is 2.31. The Morgan fingerprint density at radius 3 is 2.57 bits per heavy atom. The Balaban J connectivity index is 1.76. The molecule has 0 heterocycles. The molecule has 3 N–H and O–H groups in total. The second-order valence-corrected chi connectivity index (χ2v) is 4.98. The molecule has 3 rings (SSSR count). The Morgan fingerprint density at radius 1 is 1.14 bits per heavy atom. The van der Waals surface area contributed by atoms with E-state index in [2.05, 4.69) is 5.32 Å². The van der Waals surface area contributed by atoms with E-state index in [-0.39, 0.29) is 28.8 Å².